The summed E-state index contributed by atoms with van der Waals surface area (Å²) in [6.07, 6.45) is 6.75. The monoisotopic (exact) mass is 284 g/mol. The zero-order valence-electron chi connectivity index (χ0n) is 12.7. The van der Waals surface area contributed by atoms with Crippen LogP contribution in [-0.2, 0) is 0 Å². The first-order valence-corrected chi connectivity index (χ1v) is 8.24. The van der Waals surface area contributed by atoms with Crippen LogP contribution in [0.25, 0.3) is 0 Å². The van der Waals surface area contributed by atoms with Crippen LogP contribution in [0.2, 0.25) is 0 Å². The van der Waals surface area contributed by atoms with E-state index in [2.05, 4.69) is 31.0 Å². The number of halogens is 1. The Hall–Kier alpha value is -0.0500. The molecule has 1 saturated carbocycles. The molecule has 110 valence electrons. The van der Waals surface area contributed by atoms with E-state index in [1.54, 1.807) is 5.54 Å². The lowest BCUT2D eigenvalue weighted by atomic mass is 9.88. The Morgan fingerprint density at radius 1 is 1.42 bits per heavy atom. The highest BCUT2D eigenvalue weighted by Crippen LogP contribution is 2.37. The maximum atomic E-state index is 5.88. The maximum absolute atomic E-state index is 5.88. The third kappa shape index (κ3) is 3.74. The topological polar surface area (TPSA) is 15.3 Å². The largest absolute Gasteiger partial charge is 0.311 e. The van der Waals surface area contributed by atoms with Gasteiger partial charge in [0.15, 0.2) is 0 Å². The van der Waals surface area contributed by atoms with Gasteiger partial charge in [-0.2, -0.15) is 0 Å². The van der Waals surface area contributed by atoms with Gasteiger partial charge in [0.1, 0.15) is 0 Å². The SMILES string of the molecule is CC(=CCl)CN1CC(CC(C)C)NCC12CCCC2. The predicted molar refractivity (Wildman–Crippen MR) is 83.6 cm³/mol. The van der Waals surface area contributed by atoms with Crippen LogP contribution >= 0.6 is 11.6 Å². The van der Waals surface area contributed by atoms with Crippen molar-refractivity contribution < 1.29 is 0 Å². The molecular weight excluding hydrogens is 256 g/mol. The first-order valence-electron chi connectivity index (χ1n) is 7.80. The van der Waals surface area contributed by atoms with Gasteiger partial charge in [-0.05, 0) is 37.7 Å². The summed E-state index contributed by atoms with van der Waals surface area (Å²) in [6.45, 7) is 10.2. The standard InChI is InChI=1S/C16H29ClN2/c1-13(2)8-15-11-19(10-14(3)9-17)16(12-18-15)6-4-5-7-16/h9,13,15,18H,4-8,10-12H2,1-3H3. The minimum absolute atomic E-state index is 0.411. The highest BCUT2D eigenvalue weighted by Gasteiger charge is 2.43. The van der Waals surface area contributed by atoms with E-state index in [0.717, 1.165) is 12.5 Å². The first-order chi connectivity index (χ1) is 9.05. The molecule has 2 aliphatic rings. The van der Waals surface area contributed by atoms with Crippen LogP contribution in [0.5, 0.6) is 0 Å². The normalized spacial score (nSPS) is 28.5. The summed E-state index contributed by atoms with van der Waals surface area (Å²) in [5.74, 6) is 0.765. The number of hydrogen-bond donors (Lipinski definition) is 1. The molecule has 1 unspecified atom stereocenters. The van der Waals surface area contributed by atoms with Gasteiger partial charge < -0.3 is 5.32 Å². The van der Waals surface area contributed by atoms with Crippen molar-refractivity contribution in [3.63, 3.8) is 0 Å². The van der Waals surface area contributed by atoms with Crippen LogP contribution in [0.3, 0.4) is 0 Å². The first kappa shape index (κ1) is 15.3. The minimum Gasteiger partial charge on any atom is -0.311 e. The van der Waals surface area contributed by atoms with Gasteiger partial charge in [0.25, 0.3) is 0 Å². The number of nitrogens with zero attached hydrogens (tertiary/aromatic N) is 1. The number of piperazine rings is 1. The van der Waals surface area contributed by atoms with Crippen LogP contribution < -0.4 is 5.32 Å². The molecule has 0 aromatic heterocycles. The number of nitrogens with one attached hydrogen (secondary N) is 1. The molecule has 2 rings (SSSR count). The second-order valence-electron chi connectivity index (χ2n) is 6.97. The molecule has 0 aromatic carbocycles. The Labute approximate surface area is 123 Å². The molecule has 1 atom stereocenters. The quantitative estimate of drug-likeness (QED) is 0.846. The predicted octanol–water partition coefficient (Wildman–Crippen LogP) is 3.76. The van der Waals surface area contributed by atoms with Crippen LogP contribution in [0.4, 0.5) is 0 Å². The van der Waals surface area contributed by atoms with Gasteiger partial charge in [0.05, 0.1) is 0 Å². The molecule has 1 aliphatic heterocycles. The van der Waals surface area contributed by atoms with Crippen molar-refractivity contribution in [1.82, 2.24) is 10.2 Å². The summed E-state index contributed by atoms with van der Waals surface area (Å²) in [5, 5.41) is 3.81. The molecule has 1 heterocycles. The Morgan fingerprint density at radius 3 is 2.68 bits per heavy atom. The van der Waals surface area contributed by atoms with E-state index in [4.69, 9.17) is 11.6 Å². The van der Waals surface area contributed by atoms with E-state index in [1.807, 2.05) is 0 Å². The van der Waals surface area contributed by atoms with Gasteiger partial charge >= 0.3 is 0 Å². The molecule has 3 heteroatoms. The zero-order valence-corrected chi connectivity index (χ0v) is 13.5. The second kappa shape index (κ2) is 6.60. The number of hydrogen-bond acceptors (Lipinski definition) is 2. The van der Waals surface area contributed by atoms with Gasteiger partial charge in [-0.1, -0.05) is 38.3 Å². The lowest BCUT2D eigenvalue weighted by molar-refractivity contribution is 0.0472. The molecule has 19 heavy (non-hydrogen) atoms. The zero-order chi connectivity index (χ0) is 13.9. The van der Waals surface area contributed by atoms with E-state index in [9.17, 15) is 0 Å². The molecule has 1 N–H and O–H groups in total. The van der Waals surface area contributed by atoms with E-state index in [-0.39, 0.29) is 0 Å². The van der Waals surface area contributed by atoms with Crippen LogP contribution in [-0.4, -0.2) is 36.1 Å². The fourth-order valence-corrected chi connectivity index (χ4v) is 3.86. The van der Waals surface area contributed by atoms with E-state index >= 15 is 0 Å². The Bertz CT molecular complexity index is 319. The summed E-state index contributed by atoms with van der Waals surface area (Å²) in [6, 6.07) is 0.648. The van der Waals surface area contributed by atoms with Crippen LogP contribution in [0.15, 0.2) is 11.1 Å². The highest BCUT2D eigenvalue weighted by molar-refractivity contribution is 6.25. The smallest absolute Gasteiger partial charge is 0.0338 e. The highest BCUT2D eigenvalue weighted by atomic mass is 35.5. The van der Waals surface area contributed by atoms with Crippen molar-refractivity contribution in [3.8, 4) is 0 Å². The van der Waals surface area contributed by atoms with Crippen molar-refractivity contribution in [2.24, 2.45) is 5.92 Å². The van der Waals surface area contributed by atoms with E-state index in [0.29, 0.717) is 11.6 Å². The number of rotatable bonds is 4. The summed E-state index contributed by atoms with van der Waals surface area (Å²) >= 11 is 5.88. The van der Waals surface area contributed by atoms with E-state index < -0.39 is 0 Å². The van der Waals surface area contributed by atoms with Crippen molar-refractivity contribution in [2.75, 3.05) is 19.6 Å². The molecule has 1 saturated heterocycles. The molecule has 2 nitrogen and oxygen atoms in total. The second-order valence-corrected chi connectivity index (χ2v) is 7.19. The third-order valence-corrected chi connectivity index (χ3v) is 5.12. The van der Waals surface area contributed by atoms with Gasteiger partial charge in [-0.15, -0.1) is 0 Å². The Balaban J connectivity index is 2.05. The fraction of sp³-hybridized carbons (Fsp3) is 0.875. The lowest BCUT2D eigenvalue weighted by Crippen LogP contribution is -2.63. The van der Waals surface area contributed by atoms with Crippen LogP contribution in [0.1, 0.15) is 52.9 Å². The molecule has 0 radical (unpaired) electrons. The van der Waals surface area contributed by atoms with E-state index in [1.165, 1.54) is 50.8 Å². The average molecular weight is 285 g/mol. The van der Waals surface area contributed by atoms with Crippen LogP contribution in [0, 0.1) is 5.92 Å². The molecule has 0 aromatic rings. The third-order valence-electron chi connectivity index (χ3n) is 4.75. The van der Waals surface area contributed by atoms with Crippen molar-refractivity contribution >= 4 is 11.6 Å². The Morgan fingerprint density at radius 2 is 2.11 bits per heavy atom. The summed E-state index contributed by atoms with van der Waals surface area (Å²) in [4.78, 5) is 2.72. The average Bonchev–Trinajstić information content (AvgIpc) is 2.82. The fourth-order valence-electron chi connectivity index (χ4n) is 3.79. The Kier molecular flexibility index (Phi) is 5.33. The molecule has 0 bridgehead atoms. The van der Waals surface area contributed by atoms with Gasteiger partial charge in [-0.3, -0.25) is 4.90 Å². The minimum atomic E-state index is 0.411. The van der Waals surface area contributed by atoms with Gasteiger partial charge in [-0.25, -0.2) is 0 Å². The maximum Gasteiger partial charge on any atom is 0.0338 e. The lowest BCUT2D eigenvalue weighted by Gasteiger charge is -2.49. The molecule has 1 aliphatic carbocycles. The molecule has 0 amide bonds. The van der Waals surface area contributed by atoms with Crippen molar-refractivity contribution in [1.29, 1.82) is 0 Å². The van der Waals surface area contributed by atoms with Crippen molar-refractivity contribution in [2.45, 2.75) is 64.5 Å². The molecule has 1 spiro atoms. The van der Waals surface area contributed by atoms with Gasteiger partial charge in [0, 0.05) is 36.8 Å². The summed E-state index contributed by atoms with van der Waals surface area (Å²) in [7, 11) is 0. The summed E-state index contributed by atoms with van der Waals surface area (Å²) < 4.78 is 0. The molecular formula is C16H29ClN2. The van der Waals surface area contributed by atoms with Gasteiger partial charge in [0.2, 0.25) is 0 Å². The van der Waals surface area contributed by atoms with Crippen molar-refractivity contribution in [3.05, 3.63) is 11.1 Å². The summed E-state index contributed by atoms with van der Waals surface area (Å²) in [5.41, 5.74) is 3.45. The molecule has 2 fully saturated rings.